The number of hydrogen-bond donors (Lipinski definition) is 3. The zero-order valence-electron chi connectivity index (χ0n) is 19.0. The first kappa shape index (κ1) is 24.4. The van der Waals surface area contributed by atoms with Crippen LogP contribution >= 0.6 is 11.6 Å². The monoisotopic (exact) mass is 497 g/mol. The highest BCUT2D eigenvalue weighted by Gasteiger charge is 2.24. The van der Waals surface area contributed by atoms with Crippen molar-refractivity contribution < 1.29 is 13.9 Å². The minimum Gasteiger partial charge on any atom is -0.492 e. The zero-order chi connectivity index (χ0) is 24.6. The maximum atomic E-state index is 14.9. The average Bonchev–Trinajstić information content (AvgIpc) is 3.42. The molecule has 1 aliphatic rings. The van der Waals surface area contributed by atoms with Gasteiger partial charge in [0.2, 0.25) is 0 Å². The smallest absolute Gasteiger partial charge is 0.253 e. The lowest BCUT2D eigenvalue weighted by molar-refractivity contribution is 0.0778. The summed E-state index contributed by atoms with van der Waals surface area (Å²) in [4.78, 5) is 17.3. The molecule has 2 aromatic carbocycles. The summed E-state index contributed by atoms with van der Waals surface area (Å²) in [6, 6.07) is 13.4. The molecule has 1 aliphatic heterocycles. The molecular weight excluding hydrogens is 473 g/mol. The summed E-state index contributed by atoms with van der Waals surface area (Å²) in [5.41, 5.74) is 4.76. The fourth-order valence-corrected chi connectivity index (χ4v) is 3.73. The van der Waals surface area contributed by atoms with Gasteiger partial charge >= 0.3 is 0 Å². The van der Waals surface area contributed by atoms with Crippen molar-refractivity contribution in [2.24, 2.45) is 10.3 Å². The highest BCUT2D eigenvalue weighted by atomic mass is 35.5. The Labute approximate surface area is 207 Å². The number of anilines is 1. The lowest BCUT2D eigenvalue weighted by Crippen LogP contribution is -2.49. The van der Waals surface area contributed by atoms with E-state index >= 15 is 0 Å². The molecule has 0 saturated carbocycles. The second-order valence-corrected chi connectivity index (χ2v) is 8.02. The van der Waals surface area contributed by atoms with Crippen LogP contribution < -0.4 is 20.8 Å². The molecule has 0 spiro atoms. The molecule has 1 amide bonds. The molecule has 4 rings (SSSR count). The van der Waals surface area contributed by atoms with E-state index in [9.17, 15) is 9.18 Å². The largest absolute Gasteiger partial charge is 0.492 e. The van der Waals surface area contributed by atoms with E-state index in [4.69, 9.17) is 16.3 Å². The topological polar surface area (TPSA) is 103 Å². The van der Waals surface area contributed by atoms with Gasteiger partial charge in [-0.3, -0.25) is 9.78 Å². The van der Waals surface area contributed by atoms with Crippen LogP contribution in [0.3, 0.4) is 0 Å². The maximum Gasteiger partial charge on any atom is 0.253 e. The summed E-state index contributed by atoms with van der Waals surface area (Å²) >= 11 is 6.01. The number of nitrogens with one attached hydrogen (secondary N) is 3. The predicted molar refractivity (Wildman–Crippen MR) is 131 cm³/mol. The number of amides is 1. The van der Waals surface area contributed by atoms with Gasteiger partial charge in [0.25, 0.3) is 5.91 Å². The molecule has 1 atom stereocenters. The number of aromatic nitrogens is 1. The van der Waals surface area contributed by atoms with E-state index in [0.717, 1.165) is 5.69 Å². The molecule has 11 heteroatoms. The molecule has 0 aliphatic carbocycles. The Hall–Kier alpha value is -3.76. The molecule has 0 fully saturated rings. The predicted octanol–water partition coefficient (Wildman–Crippen LogP) is 4.64. The number of halogens is 2. The average molecular weight is 498 g/mol. The number of ether oxygens (including phenoxy) is 1. The van der Waals surface area contributed by atoms with Crippen LogP contribution in [0, 0.1) is 5.82 Å². The first-order chi connectivity index (χ1) is 17.1. The third-order valence-corrected chi connectivity index (χ3v) is 5.59. The fourth-order valence-electron chi connectivity index (χ4n) is 3.55. The Bertz CT molecular complexity index is 1200. The van der Waals surface area contributed by atoms with E-state index in [2.05, 4.69) is 31.4 Å². The van der Waals surface area contributed by atoms with Crippen molar-refractivity contribution in [1.29, 1.82) is 0 Å². The van der Waals surface area contributed by atoms with E-state index in [1.54, 1.807) is 42.7 Å². The van der Waals surface area contributed by atoms with Gasteiger partial charge in [0.1, 0.15) is 31.0 Å². The standard InChI is InChI=1S/C24H25ClFN7O2/c1-2-22(33-30-15-29-32-33)31-24(34)20-14-17(35-13-12-28-16-8-10-27-11-9-16)6-7-18(20)19-4-3-5-21(25)23(19)26/h3-11,14,22,30H,2,12-13,15H2,1H3,(H,27,28)(H,31,34). The van der Waals surface area contributed by atoms with Gasteiger partial charge in [-0.05, 0) is 48.4 Å². The highest BCUT2D eigenvalue weighted by Crippen LogP contribution is 2.32. The lowest BCUT2D eigenvalue weighted by Gasteiger charge is -2.25. The Balaban J connectivity index is 1.55. The third kappa shape index (κ3) is 6.03. The van der Waals surface area contributed by atoms with E-state index in [0.29, 0.717) is 37.6 Å². The second kappa shape index (κ2) is 11.6. The Morgan fingerprint density at radius 2 is 2.06 bits per heavy atom. The van der Waals surface area contributed by atoms with Crippen molar-refractivity contribution in [1.82, 2.24) is 20.8 Å². The molecule has 3 N–H and O–H groups in total. The minimum absolute atomic E-state index is 0.0236. The number of benzene rings is 2. The third-order valence-electron chi connectivity index (χ3n) is 5.30. The zero-order valence-corrected chi connectivity index (χ0v) is 19.8. The normalized spacial score (nSPS) is 13.5. The van der Waals surface area contributed by atoms with Crippen molar-refractivity contribution >= 4 is 23.2 Å². The molecule has 9 nitrogen and oxygen atoms in total. The summed E-state index contributed by atoms with van der Waals surface area (Å²) in [5.74, 6) is -0.527. The van der Waals surface area contributed by atoms with E-state index in [1.807, 2.05) is 19.1 Å². The number of hydrogen-bond acceptors (Lipinski definition) is 8. The highest BCUT2D eigenvalue weighted by molar-refractivity contribution is 6.31. The van der Waals surface area contributed by atoms with Crippen molar-refractivity contribution in [3.8, 4) is 16.9 Å². The van der Waals surface area contributed by atoms with E-state index in [-0.39, 0.29) is 16.1 Å². The Morgan fingerprint density at radius 3 is 2.80 bits per heavy atom. The van der Waals surface area contributed by atoms with Crippen molar-refractivity contribution in [3.05, 3.63) is 77.3 Å². The quantitative estimate of drug-likeness (QED) is 0.352. The van der Waals surface area contributed by atoms with Crippen LogP contribution in [0.1, 0.15) is 23.7 Å². The SMILES string of the molecule is CCC(NC(=O)c1cc(OCCNc2ccncc2)ccc1-c1cccc(Cl)c1F)N1N=NCN1. The van der Waals surface area contributed by atoms with E-state index < -0.39 is 17.9 Å². The van der Waals surface area contributed by atoms with Gasteiger partial charge in [0.05, 0.1) is 10.6 Å². The Morgan fingerprint density at radius 1 is 1.23 bits per heavy atom. The molecule has 0 radical (unpaired) electrons. The summed E-state index contributed by atoms with van der Waals surface area (Å²) < 4.78 is 20.7. The summed E-state index contributed by atoms with van der Waals surface area (Å²) in [7, 11) is 0. The molecule has 3 aromatic rings. The number of carbonyl (C=O) groups is 1. The summed E-state index contributed by atoms with van der Waals surface area (Å²) in [6.07, 6.45) is 3.52. The van der Waals surface area contributed by atoms with Crippen LogP contribution in [-0.2, 0) is 0 Å². The van der Waals surface area contributed by atoms with Crippen LogP contribution in [0.5, 0.6) is 5.75 Å². The number of rotatable bonds is 10. The van der Waals surface area contributed by atoms with Crippen molar-refractivity contribution in [2.75, 3.05) is 25.1 Å². The number of carbonyl (C=O) groups excluding carboxylic acids is 1. The van der Waals surface area contributed by atoms with Gasteiger partial charge < -0.3 is 15.4 Å². The second-order valence-electron chi connectivity index (χ2n) is 7.61. The van der Waals surface area contributed by atoms with Crippen LogP contribution in [0.2, 0.25) is 5.02 Å². The summed E-state index contributed by atoms with van der Waals surface area (Å²) in [6.45, 7) is 3.14. The van der Waals surface area contributed by atoms with Gasteiger partial charge in [-0.25, -0.2) is 4.39 Å². The summed E-state index contributed by atoms with van der Waals surface area (Å²) in [5, 5.41) is 15.5. The van der Waals surface area contributed by atoms with Crippen molar-refractivity contribution in [3.63, 3.8) is 0 Å². The minimum atomic E-state index is -0.597. The molecule has 0 bridgehead atoms. The molecule has 182 valence electrons. The Kier molecular flexibility index (Phi) is 8.07. The van der Waals surface area contributed by atoms with Crippen LogP contribution in [-0.4, -0.2) is 42.0 Å². The van der Waals surface area contributed by atoms with Crippen molar-refractivity contribution in [2.45, 2.75) is 19.5 Å². The number of pyridine rings is 1. The lowest BCUT2D eigenvalue weighted by atomic mass is 9.98. The van der Waals surface area contributed by atoms with Gasteiger partial charge in [-0.2, -0.15) is 15.7 Å². The first-order valence-corrected chi connectivity index (χ1v) is 11.5. The molecule has 0 saturated heterocycles. The van der Waals surface area contributed by atoms with Gasteiger partial charge in [-0.1, -0.05) is 35.9 Å². The molecule has 35 heavy (non-hydrogen) atoms. The molecule has 1 aromatic heterocycles. The van der Waals surface area contributed by atoms with Crippen LogP contribution in [0.15, 0.2) is 71.3 Å². The van der Waals surface area contributed by atoms with Crippen LogP contribution in [0.4, 0.5) is 10.1 Å². The number of nitrogens with zero attached hydrogens (tertiary/aromatic N) is 4. The van der Waals surface area contributed by atoms with Gasteiger partial charge in [0, 0.05) is 30.2 Å². The molecular formula is C24H25ClFN7O2. The van der Waals surface area contributed by atoms with Gasteiger partial charge in [-0.15, -0.1) is 0 Å². The van der Waals surface area contributed by atoms with Gasteiger partial charge in [0.15, 0.2) is 0 Å². The van der Waals surface area contributed by atoms with E-state index in [1.165, 1.54) is 11.2 Å². The fraction of sp³-hybridized carbons (Fsp3) is 0.250. The first-order valence-electron chi connectivity index (χ1n) is 11.1. The number of hydrazine groups is 1. The molecule has 1 unspecified atom stereocenters. The maximum absolute atomic E-state index is 14.9. The molecule has 2 heterocycles. The van der Waals surface area contributed by atoms with Crippen LogP contribution in [0.25, 0.3) is 11.1 Å².